The first kappa shape index (κ1) is 13.3. The van der Waals surface area contributed by atoms with E-state index < -0.39 is 6.17 Å². The van der Waals surface area contributed by atoms with Crippen LogP contribution in [-0.2, 0) is 16.0 Å². The number of nitrogens with two attached hydrogens (primary N) is 1. The van der Waals surface area contributed by atoms with Gasteiger partial charge in [0.25, 0.3) is 0 Å². The van der Waals surface area contributed by atoms with E-state index in [1.165, 1.54) is 7.11 Å². The second-order valence-corrected chi connectivity index (χ2v) is 3.94. The van der Waals surface area contributed by atoms with E-state index in [0.29, 0.717) is 6.42 Å². The molecule has 0 amide bonds. The van der Waals surface area contributed by atoms with Crippen LogP contribution in [0.5, 0.6) is 0 Å². The lowest BCUT2D eigenvalue weighted by Gasteiger charge is -2.10. The van der Waals surface area contributed by atoms with Crippen molar-refractivity contribution in [2.75, 3.05) is 7.11 Å². The third kappa shape index (κ3) is 3.64. The predicted octanol–water partition coefficient (Wildman–Crippen LogP) is 2.03. The maximum absolute atomic E-state index is 11.3. The summed E-state index contributed by atoms with van der Waals surface area (Å²) in [5, 5.41) is 3.24. The van der Waals surface area contributed by atoms with Gasteiger partial charge in [-0.05, 0) is 17.5 Å². The van der Waals surface area contributed by atoms with Crippen molar-refractivity contribution in [2.45, 2.75) is 19.5 Å². The van der Waals surface area contributed by atoms with Crippen molar-refractivity contribution in [1.29, 1.82) is 5.53 Å². The van der Waals surface area contributed by atoms with Gasteiger partial charge in [0, 0.05) is 0 Å². The number of rotatable bonds is 5. The van der Waals surface area contributed by atoms with E-state index in [-0.39, 0.29) is 11.9 Å². The molecule has 92 valence electrons. The van der Waals surface area contributed by atoms with Crippen LogP contribution in [0.25, 0.3) is 0 Å². The number of hydrogen-bond donors (Lipinski definition) is 2. The summed E-state index contributed by atoms with van der Waals surface area (Å²) in [7, 11) is 1.39. The minimum absolute atomic E-state index is 0.166. The average Bonchev–Trinajstić information content (AvgIpc) is 2.37. The molecule has 0 spiro atoms. The fraction of sp³-hybridized carbons (Fsp3) is 0.417. The molecular formula is C12H17N3O2. The van der Waals surface area contributed by atoms with Gasteiger partial charge in [0.1, 0.15) is 6.17 Å². The number of methoxy groups -OCH3 is 1. The van der Waals surface area contributed by atoms with Crippen molar-refractivity contribution in [1.82, 2.24) is 0 Å². The summed E-state index contributed by atoms with van der Waals surface area (Å²) in [5.41, 5.74) is 14.2. The number of ether oxygens (including phenoxy) is 1. The summed E-state index contributed by atoms with van der Waals surface area (Å²) in [6.07, 6.45) is 0.0160. The Hall–Kier alpha value is -1.75. The Morgan fingerprint density at radius 2 is 2.06 bits per heavy atom. The van der Waals surface area contributed by atoms with Gasteiger partial charge in [0.05, 0.1) is 13.0 Å². The molecule has 2 unspecified atom stereocenters. The highest BCUT2D eigenvalue weighted by atomic mass is 16.5. The number of nitrogens with one attached hydrogen (secondary N) is 1. The molecule has 0 aliphatic rings. The molecule has 5 nitrogen and oxygen atoms in total. The molecular weight excluding hydrogens is 218 g/mol. The van der Waals surface area contributed by atoms with Gasteiger partial charge in [0.2, 0.25) is 0 Å². The van der Waals surface area contributed by atoms with Crippen LogP contribution in [0.2, 0.25) is 0 Å². The molecule has 0 aromatic heterocycles. The zero-order valence-electron chi connectivity index (χ0n) is 10.0. The zero-order chi connectivity index (χ0) is 12.8. The fourth-order valence-electron chi connectivity index (χ4n) is 1.56. The van der Waals surface area contributed by atoms with Crippen molar-refractivity contribution in [3.8, 4) is 0 Å². The third-order valence-corrected chi connectivity index (χ3v) is 2.61. The van der Waals surface area contributed by atoms with Crippen LogP contribution in [0.15, 0.2) is 29.4 Å². The topological polar surface area (TPSA) is 88.5 Å². The first-order valence-corrected chi connectivity index (χ1v) is 5.37. The van der Waals surface area contributed by atoms with E-state index in [1.54, 1.807) is 0 Å². The van der Waals surface area contributed by atoms with Crippen LogP contribution >= 0.6 is 0 Å². The van der Waals surface area contributed by atoms with Gasteiger partial charge in [0.15, 0.2) is 0 Å². The standard InChI is InChI=1S/C12H17N3O2/c1-8(12(16)17-2)7-9-3-5-10(6-4-9)11(13)15-14/h3-6,8,11,14H,7,13H2,1-2H3. The summed E-state index contributed by atoms with van der Waals surface area (Å²) >= 11 is 0. The Morgan fingerprint density at radius 1 is 1.47 bits per heavy atom. The van der Waals surface area contributed by atoms with Gasteiger partial charge in [-0.2, -0.15) is 5.11 Å². The fourth-order valence-corrected chi connectivity index (χ4v) is 1.56. The van der Waals surface area contributed by atoms with Crippen molar-refractivity contribution >= 4 is 5.97 Å². The molecule has 2 atom stereocenters. The highest BCUT2D eigenvalue weighted by molar-refractivity contribution is 5.72. The molecule has 3 N–H and O–H groups in total. The van der Waals surface area contributed by atoms with E-state index in [0.717, 1.165) is 11.1 Å². The van der Waals surface area contributed by atoms with Gasteiger partial charge in [-0.15, -0.1) is 0 Å². The minimum atomic E-state index is -0.609. The molecule has 0 saturated heterocycles. The Labute approximate surface area is 100 Å². The molecule has 5 heteroatoms. The lowest BCUT2D eigenvalue weighted by molar-refractivity contribution is -0.144. The van der Waals surface area contributed by atoms with Crippen molar-refractivity contribution in [2.24, 2.45) is 16.8 Å². The largest absolute Gasteiger partial charge is 0.469 e. The average molecular weight is 235 g/mol. The highest BCUT2D eigenvalue weighted by Crippen LogP contribution is 2.15. The number of carbonyl (C=O) groups excluding carboxylic acids is 1. The summed E-state index contributed by atoms with van der Waals surface area (Å²) < 4.78 is 4.66. The molecule has 0 aliphatic heterocycles. The van der Waals surface area contributed by atoms with Gasteiger partial charge in [-0.25, -0.2) is 5.53 Å². The third-order valence-electron chi connectivity index (χ3n) is 2.61. The Bertz CT molecular complexity index is 389. The first-order valence-electron chi connectivity index (χ1n) is 5.37. The van der Waals surface area contributed by atoms with Crippen LogP contribution < -0.4 is 5.73 Å². The number of hydrogen-bond acceptors (Lipinski definition) is 5. The van der Waals surface area contributed by atoms with E-state index in [2.05, 4.69) is 9.85 Å². The number of benzene rings is 1. The minimum Gasteiger partial charge on any atom is -0.469 e. The van der Waals surface area contributed by atoms with E-state index in [4.69, 9.17) is 11.3 Å². The van der Waals surface area contributed by atoms with Crippen LogP contribution in [0.1, 0.15) is 24.2 Å². The van der Waals surface area contributed by atoms with E-state index in [1.807, 2.05) is 31.2 Å². The van der Waals surface area contributed by atoms with Crippen molar-refractivity contribution < 1.29 is 9.53 Å². The summed E-state index contributed by atoms with van der Waals surface area (Å²) in [6, 6.07) is 7.42. The number of nitrogens with zero attached hydrogens (tertiary/aromatic N) is 1. The molecule has 0 saturated carbocycles. The molecule has 1 aromatic rings. The summed E-state index contributed by atoms with van der Waals surface area (Å²) in [5.74, 6) is -0.382. The normalized spacial score (nSPS) is 13.8. The van der Waals surface area contributed by atoms with Crippen LogP contribution in [-0.4, -0.2) is 13.1 Å². The van der Waals surface area contributed by atoms with Gasteiger partial charge < -0.3 is 10.5 Å². The lowest BCUT2D eigenvalue weighted by Crippen LogP contribution is -2.15. The number of carbonyl (C=O) groups is 1. The van der Waals surface area contributed by atoms with Crippen LogP contribution in [0, 0.1) is 11.4 Å². The molecule has 0 fully saturated rings. The lowest BCUT2D eigenvalue weighted by atomic mass is 10.00. The summed E-state index contributed by atoms with van der Waals surface area (Å²) in [4.78, 5) is 11.3. The van der Waals surface area contributed by atoms with Crippen LogP contribution in [0.4, 0.5) is 0 Å². The predicted molar refractivity (Wildman–Crippen MR) is 63.4 cm³/mol. The molecule has 1 aromatic carbocycles. The SMILES string of the molecule is COC(=O)C(C)Cc1ccc(C(N)N=N)cc1. The molecule has 1 rings (SSSR count). The molecule has 0 heterocycles. The maximum Gasteiger partial charge on any atom is 0.308 e. The smallest absolute Gasteiger partial charge is 0.308 e. The van der Waals surface area contributed by atoms with E-state index >= 15 is 0 Å². The Kier molecular flexibility index (Phi) is 4.78. The first-order chi connectivity index (χ1) is 8.08. The molecule has 0 aliphatic carbocycles. The molecule has 17 heavy (non-hydrogen) atoms. The highest BCUT2D eigenvalue weighted by Gasteiger charge is 2.13. The van der Waals surface area contributed by atoms with Crippen molar-refractivity contribution in [3.63, 3.8) is 0 Å². The number of esters is 1. The second-order valence-electron chi connectivity index (χ2n) is 3.94. The molecule has 0 radical (unpaired) electrons. The maximum atomic E-state index is 11.3. The monoisotopic (exact) mass is 235 g/mol. The Balaban J connectivity index is 2.68. The van der Waals surface area contributed by atoms with Gasteiger partial charge in [-0.3, -0.25) is 4.79 Å². The molecule has 0 bridgehead atoms. The van der Waals surface area contributed by atoms with Gasteiger partial charge >= 0.3 is 5.97 Å². The van der Waals surface area contributed by atoms with Crippen LogP contribution in [0.3, 0.4) is 0 Å². The quantitative estimate of drug-likeness (QED) is 0.604. The van der Waals surface area contributed by atoms with Crippen molar-refractivity contribution in [3.05, 3.63) is 35.4 Å². The Morgan fingerprint density at radius 3 is 2.53 bits per heavy atom. The van der Waals surface area contributed by atoms with Gasteiger partial charge in [-0.1, -0.05) is 31.2 Å². The zero-order valence-corrected chi connectivity index (χ0v) is 10.0. The van der Waals surface area contributed by atoms with E-state index in [9.17, 15) is 4.79 Å². The second kappa shape index (κ2) is 6.10. The summed E-state index contributed by atoms with van der Waals surface area (Å²) in [6.45, 7) is 1.82.